The topological polar surface area (TPSA) is 58.9 Å². The molecule has 0 radical (unpaired) electrons. The summed E-state index contributed by atoms with van der Waals surface area (Å²) in [6, 6.07) is 19.8. The molecule has 3 heterocycles. The van der Waals surface area contributed by atoms with E-state index in [4.69, 9.17) is 4.74 Å². The van der Waals surface area contributed by atoms with Crippen molar-refractivity contribution in [2.75, 3.05) is 13.1 Å². The number of imidazole rings is 1. The summed E-state index contributed by atoms with van der Waals surface area (Å²) in [5.74, 6) is 0.530. The minimum Gasteiger partial charge on any atom is -0.487 e. The van der Waals surface area contributed by atoms with Crippen LogP contribution in [0.4, 0.5) is 0 Å². The highest BCUT2D eigenvalue weighted by molar-refractivity contribution is 5.94. The van der Waals surface area contributed by atoms with E-state index in [1.54, 1.807) is 12.1 Å². The lowest BCUT2D eigenvalue weighted by molar-refractivity contribution is 0.0950. The zero-order valence-electron chi connectivity index (χ0n) is 19.5. The lowest BCUT2D eigenvalue weighted by Crippen LogP contribution is -2.23. The third-order valence-electron chi connectivity index (χ3n) is 6.29. The Morgan fingerprint density at radius 3 is 2.62 bits per heavy atom. The standard InChI is InChI=1S/C28H30N4O2/c1-21-6-5-15-32-19-25(30-27(21)32)20-34-26-8-4-7-24(16-26)28(33)29-17-22-9-11-23(12-10-22)18-31-13-2-3-14-31/h4-12,15-16,19H,2-3,13-14,17-18,20H2,1H3,(H,29,33). The number of hydrogen-bond acceptors (Lipinski definition) is 4. The molecule has 1 N–H and O–H groups in total. The normalized spacial score (nSPS) is 13.9. The second-order valence-electron chi connectivity index (χ2n) is 8.95. The quantitative estimate of drug-likeness (QED) is 0.418. The van der Waals surface area contributed by atoms with Crippen LogP contribution < -0.4 is 10.1 Å². The number of aromatic nitrogens is 2. The first-order valence-corrected chi connectivity index (χ1v) is 11.9. The van der Waals surface area contributed by atoms with Gasteiger partial charge in [0.15, 0.2) is 0 Å². The number of aryl methyl sites for hydroxylation is 1. The third-order valence-corrected chi connectivity index (χ3v) is 6.29. The van der Waals surface area contributed by atoms with Gasteiger partial charge in [0, 0.05) is 31.0 Å². The lowest BCUT2D eigenvalue weighted by Gasteiger charge is -2.14. The van der Waals surface area contributed by atoms with E-state index in [1.165, 1.54) is 31.5 Å². The molecule has 1 amide bonds. The van der Waals surface area contributed by atoms with E-state index in [1.807, 2.05) is 48.0 Å². The largest absolute Gasteiger partial charge is 0.487 e. The van der Waals surface area contributed by atoms with Gasteiger partial charge in [-0.3, -0.25) is 9.69 Å². The number of likely N-dealkylation sites (tertiary alicyclic amines) is 1. The number of fused-ring (bicyclic) bond motifs is 1. The van der Waals surface area contributed by atoms with Crippen molar-refractivity contribution >= 4 is 11.6 Å². The number of hydrogen-bond donors (Lipinski definition) is 1. The third kappa shape index (κ3) is 5.29. The zero-order valence-corrected chi connectivity index (χ0v) is 19.5. The van der Waals surface area contributed by atoms with Gasteiger partial charge in [0.1, 0.15) is 18.0 Å². The molecule has 0 atom stereocenters. The maximum Gasteiger partial charge on any atom is 0.251 e. The summed E-state index contributed by atoms with van der Waals surface area (Å²) in [6.45, 7) is 6.27. The molecule has 2 aromatic heterocycles. The predicted octanol–water partition coefficient (Wildman–Crippen LogP) is 4.75. The average molecular weight is 455 g/mol. The molecule has 4 aromatic rings. The van der Waals surface area contributed by atoms with Gasteiger partial charge >= 0.3 is 0 Å². The number of carbonyl (C=O) groups is 1. The highest BCUT2D eigenvalue weighted by Crippen LogP contribution is 2.17. The van der Waals surface area contributed by atoms with Crippen molar-refractivity contribution in [2.24, 2.45) is 0 Å². The number of nitrogens with one attached hydrogen (secondary N) is 1. The molecule has 0 unspecified atom stereocenters. The molecule has 1 aliphatic rings. The first-order chi connectivity index (χ1) is 16.6. The molecule has 2 aromatic carbocycles. The number of ether oxygens (including phenoxy) is 1. The zero-order chi connectivity index (χ0) is 23.3. The summed E-state index contributed by atoms with van der Waals surface area (Å²) in [4.78, 5) is 19.8. The molecular formula is C28H30N4O2. The molecule has 0 aliphatic carbocycles. The highest BCUT2D eigenvalue weighted by Gasteiger charge is 2.12. The van der Waals surface area contributed by atoms with Crippen molar-refractivity contribution in [3.8, 4) is 5.75 Å². The molecule has 0 bridgehead atoms. The van der Waals surface area contributed by atoms with Crippen LogP contribution in [0.1, 0.15) is 45.6 Å². The van der Waals surface area contributed by atoms with E-state index >= 15 is 0 Å². The van der Waals surface area contributed by atoms with Crippen LogP contribution >= 0.6 is 0 Å². The van der Waals surface area contributed by atoms with Crippen molar-refractivity contribution in [3.05, 3.63) is 101 Å². The number of carbonyl (C=O) groups excluding carboxylic acids is 1. The minimum atomic E-state index is -0.116. The lowest BCUT2D eigenvalue weighted by atomic mass is 10.1. The fraction of sp³-hybridized carbons (Fsp3) is 0.286. The Bertz CT molecular complexity index is 1270. The van der Waals surface area contributed by atoms with E-state index in [9.17, 15) is 4.79 Å². The number of nitrogens with zero attached hydrogens (tertiary/aromatic N) is 3. The molecule has 34 heavy (non-hydrogen) atoms. The van der Waals surface area contributed by atoms with Gasteiger partial charge in [0.2, 0.25) is 0 Å². The van der Waals surface area contributed by atoms with Crippen LogP contribution in [0.5, 0.6) is 5.75 Å². The predicted molar refractivity (Wildman–Crippen MR) is 133 cm³/mol. The summed E-state index contributed by atoms with van der Waals surface area (Å²) < 4.78 is 7.92. The number of amides is 1. The number of rotatable bonds is 8. The molecule has 5 rings (SSSR count). The minimum absolute atomic E-state index is 0.116. The number of pyridine rings is 1. The highest BCUT2D eigenvalue weighted by atomic mass is 16.5. The van der Waals surface area contributed by atoms with Crippen molar-refractivity contribution in [2.45, 2.75) is 39.5 Å². The van der Waals surface area contributed by atoms with Gasteiger partial charge < -0.3 is 14.5 Å². The van der Waals surface area contributed by atoms with Gasteiger partial charge in [-0.2, -0.15) is 0 Å². The summed E-state index contributed by atoms with van der Waals surface area (Å²) in [7, 11) is 0. The van der Waals surface area contributed by atoms with Gasteiger partial charge in [0.25, 0.3) is 5.91 Å². The molecule has 1 fully saturated rings. The van der Waals surface area contributed by atoms with Crippen LogP contribution in [-0.4, -0.2) is 33.3 Å². The smallest absolute Gasteiger partial charge is 0.251 e. The summed E-state index contributed by atoms with van der Waals surface area (Å²) >= 11 is 0. The fourth-order valence-corrected chi connectivity index (χ4v) is 4.40. The van der Waals surface area contributed by atoms with Crippen molar-refractivity contribution in [1.82, 2.24) is 19.6 Å². The van der Waals surface area contributed by atoms with Crippen LogP contribution in [0.3, 0.4) is 0 Å². The van der Waals surface area contributed by atoms with E-state index in [-0.39, 0.29) is 5.91 Å². The summed E-state index contributed by atoms with van der Waals surface area (Å²) in [5.41, 5.74) is 5.88. The fourth-order valence-electron chi connectivity index (χ4n) is 4.40. The van der Waals surface area contributed by atoms with Crippen LogP contribution in [0, 0.1) is 6.92 Å². The Morgan fingerprint density at radius 2 is 1.82 bits per heavy atom. The number of benzene rings is 2. The Morgan fingerprint density at radius 1 is 1.03 bits per heavy atom. The second-order valence-corrected chi connectivity index (χ2v) is 8.95. The summed E-state index contributed by atoms with van der Waals surface area (Å²) in [6.07, 6.45) is 6.55. The van der Waals surface area contributed by atoms with Crippen molar-refractivity contribution in [3.63, 3.8) is 0 Å². The Labute approximate surface area is 200 Å². The molecular weight excluding hydrogens is 424 g/mol. The average Bonchev–Trinajstić information content (AvgIpc) is 3.53. The molecule has 1 saturated heterocycles. The van der Waals surface area contributed by atoms with Gasteiger partial charge in [-0.1, -0.05) is 36.4 Å². The van der Waals surface area contributed by atoms with Crippen LogP contribution in [0.25, 0.3) is 5.65 Å². The second kappa shape index (κ2) is 10.1. The van der Waals surface area contributed by atoms with Crippen LogP contribution in [0.2, 0.25) is 0 Å². The first-order valence-electron chi connectivity index (χ1n) is 11.9. The molecule has 1 aliphatic heterocycles. The first kappa shape index (κ1) is 22.2. The van der Waals surface area contributed by atoms with Crippen molar-refractivity contribution in [1.29, 1.82) is 0 Å². The van der Waals surface area contributed by atoms with E-state index < -0.39 is 0 Å². The Balaban J connectivity index is 1.15. The maximum atomic E-state index is 12.7. The monoisotopic (exact) mass is 454 g/mol. The van der Waals surface area contributed by atoms with Gasteiger partial charge in [-0.15, -0.1) is 0 Å². The molecule has 6 nitrogen and oxygen atoms in total. The molecule has 6 heteroatoms. The Kier molecular flexibility index (Phi) is 6.58. The van der Waals surface area contributed by atoms with Gasteiger partial charge in [-0.25, -0.2) is 4.98 Å². The Hall–Kier alpha value is -3.64. The SMILES string of the molecule is Cc1cccn2cc(COc3cccc(C(=O)NCc4ccc(CN5CCCC5)cc4)c3)nc12. The van der Waals surface area contributed by atoms with E-state index in [2.05, 4.69) is 39.5 Å². The molecule has 174 valence electrons. The van der Waals surface area contributed by atoms with Crippen LogP contribution in [0.15, 0.2) is 73.1 Å². The van der Waals surface area contributed by atoms with Gasteiger partial charge in [0.05, 0.1) is 5.69 Å². The molecule has 0 saturated carbocycles. The van der Waals surface area contributed by atoms with Gasteiger partial charge in [-0.05, 0) is 73.8 Å². The maximum absolute atomic E-state index is 12.7. The van der Waals surface area contributed by atoms with Crippen LogP contribution in [-0.2, 0) is 19.7 Å². The molecule has 0 spiro atoms. The van der Waals surface area contributed by atoms with Crippen molar-refractivity contribution < 1.29 is 9.53 Å². The van der Waals surface area contributed by atoms with E-state index in [0.717, 1.165) is 29.0 Å². The van der Waals surface area contributed by atoms with E-state index in [0.29, 0.717) is 24.5 Å². The summed E-state index contributed by atoms with van der Waals surface area (Å²) in [5, 5.41) is 3.01.